The highest BCUT2D eigenvalue weighted by atomic mass is 19.1. The summed E-state index contributed by atoms with van der Waals surface area (Å²) in [5, 5.41) is 11.2. The minimum absolute atomic E-state index is 0.113. The minimum Gasteiger partial charge on any atom is -0.484 e. The van der Waals surface area contributed by atoms with Gasteiger partial charge in [-0.15, -0.1) is 0 Å². The lowest BCUT2D eigenvalue weighted by atomic mass is 10.2. The highest BCUT2D eigenvalue weighted by molar-refractivity contribution is 5.77. The van der Waals surface area contributed by atoms with Gasteiger partial charge in [-0.3, -0.25) is 4.79 Å². The fraction of sp³-hybridized carbons (Fsp3) is 0.125. The maximum atomic E-state index is 13.4. The number of nitriles is 1. The quantitative estimate of drug-likeness (QED) is 0.917. The Morgan fingerprint density at radius 1 is 1.19 bits per heavy atom. The summed E-state index contributed by atoms with van der Waals surface area (Å²) < 4.78 is 18.6. The van der Waals surface area contributed by atoms with Crippen LogP contribution in [0.15, 0.2) is 48.5 Å². The summed E-state index contributed by atoms with van der Waals surface area (Å²) in [7, 11) is 0. The molecular formula is C16H13FN2O2. The molecule has 2 aromatic carbocycles. The Bertz CT molecular complexity index is 663. The van der Waals surface area contributed by atoms with Crippen molar-refractivity contribution in [1.29, 1.82) is 5.26 Å². The zero-order chi connectivity index (χ0) is 15.1. The summed E-state index contributed by atoms with van der Waals surface area (Å²) in [6.07, 6.45) is 0. The molecule has 0 spiro atoms. The number of hydrogen-bond donors (Lipinski definition) is 1. The molecule has 2 aromatic rings. The fourth-order valence-corrected chi connectivity index (χ4v) is 1.66. The van der Waals surface area contributed by atoms with Gasteiger partial charge in [-0.05, 0) is 30.3 Å². The molecule has 1 amide bonds. The molecule has 0 aliphatic heterocycles. The van der Waals surface area contributed by atoms with Crippen molar-refractivity contribution in [3.05, 3.63) is 65.5 Å². The maximum absolute atomic E-state index is 13.4. The van der Waals surface area contributed by atoms with E-state index in [0.717, 1.165) is 0 Å². The topological polar surface area (TPSA) is 62.1 Å². The van der Waals surface area contributed by atoms with Crippen LogP contribution in [0.2, 0.25) is 0 Å². The van der Waals surface area contributed by atoms with Crippen LogP contribution in [0.5, 0.6) is 5.75 Å². The number of carbonyl (C=O) groups is 1. The van der Waals surface area contributed by atoms with Gasteiger partial charge in [0.2, 0.25) is 0 Å². The van der Waals surface area contributed by atoms with Gasteiger partial charge in [0.25, 0.3) is 5.91 Å². The Morgan fingerprint density at radius 2 is 1.90 bits per heavy atom. The second-order valence-electron chi connectivity index (χ2n) is 4.29. The molecule has 1 N–H and O–H groups in total. The van der Waals surface area contributed by atoms with Crippen molar-refractivity contribution in [3.8, 4) is 11.8 Å². The van der Waals surface area contributed by atoms with Gasteiger partial charge >= 0.3 is 0 Å². The van der Waals surface area contributed by atoms with Crippen molar-refractivity contribution >= 4 is 5.91 Å². The van der Waals surface area contributed by atoms with Crippen LogP contribution in [0, 0.1) is 17.1 Å². The van der Waals surface area contributed by atoms with E-state index in [-0.39, 0.29) is 24.9 Å². The number of nitrogens with zero attached hydrogens (tertiary/aromatic N) is 1. The molecule has 106 valence electrons. The summed E-state index contributed by atoms with van der Waals surface area (Å²) in [5.74, 6) is -0.205. The molecule has 0 saturated heterocycles. The van der Waals surface area contributed by atoms with Crippen molar-refractivity contribution in [2.45, 2.75) is 6.54 Å². The number of nitrogens with one attached hydrogen (secondary N) is 1. The van der Waals surface area contributed by atoms with Crippen molar-refractivity contribution in [1.82, 2.24) is 5.32 Å². The van der Waals surface area contributed by atoms with Crippen LogP contribution in [-0.4, -0.2) is 12.5 Å². The number of benzene rings is 2. The van der Waals surface area contributed by atoms with E-state index in [9.17, 15) is 9.18 Å². The second-order valence-corrected chi connectivity index (χ2v) is 4.29. The predicted molar refractivity (Wildman–Crippen MR) is 74.9 cm³/mol. The fourth-order valence-electron chi connectivity index (χ4n) is 1.66. The Hall–Kier alpha value is -2.87. The number of rotatable bonds is 5. The Kier molecular flexibility index (Phi) is 4.89. The summed E-state index contributed by atoms with van der Waals surface area (Å²) in [6, 6.07) is 14.7. The third kappa shape index (κ3) is 4.32. The highest BCUT2D eigenvalue weighted by Gasteiger charge is 2.05. The normalized spacial score (nSPS) is 9.71. The van der Waals surface area contributed by atoms with Gasteiger partial charge in [0.15, 0.2) is 6.61 Å². The van der Waals surface area contributed by atoms with Gasteiger partial charge in [0.1, 0.15) is 11.6 Å². The molecule has 21 heavy (non-hydrogen) atoms. The van der Waals surface area contributed by atoms with Gasteiger partial charge in [-0.1, -0.05) is 18.2 Å². The Morgan fingerprint density at radius 3 is 2.57 bits per heavy atom. The van der Waals surface area contributed by atoms with Gasteiger partial charge < -0.3 is 10.1 Å². The van der Waals surface area contributed by atoms with Crippen molar-refractivity contribution in [2.24, 2.45) is 0 Å². The van der Waals surface area contributed by atoms with Crippen LogP contribution in [0.4, 0.5) is 4.39 Å². The van der Waals surface area contributed by atoms with Crippen molar-refractivity contribution in [2.75, 3.05) is 6.61 Å². The van der Waals surface area contributed by atoms with Crippen LogP contribution < -0.4 is 10.1 Å². The Balaban J connectivity index is 1.79. The molecule has 2 rings (SSSR count). The van der Waals surface area contributed by atoms with Crippen LogP contribution >= 0.6 is 0 Å². The van der Waals surface area contributed by atoms with Crippen molar-refractivity contribution < 1.29 is 13.9 Å². The lowest BCUT2D eigenvalue weighted by Gasteiger charge is -2.08. The Labute approximate surface area is 121 Å². The molecule has 0 aliphatic carbocycles. The molecule has 0 atom stereocenters. The van der Waals surface area contributed by atoms with Crippen LogP contribution in [0.1, 0.15) is 11.1 Å². The monoisotopic (exact) mass is 284 g/mol. The van der Waals surface area contributed by atoms with Crippen LogP contribution in [0.3, 0.4) is 0 Å². The number of halogens is 1. The number of carbonyl (C=O) groups excluding carboxylic acids is 1. The van der Waals surface area contributed by atoms with E-state index < -0.39 is 0 Å². The second kappa shape index (κ2) is 7.06. The van der Waals surface area contributed by atoms with Gasteiger partial charge in [-0.25, -0.2) is 4.39 Å². The zero-order valence-electron chi connectivity index (χ0n) is 11.2. The summed E-state index contributed by atoms with van der Waals surface area (Å²) in [5.41, 5.74) is 0.940. The number of amides is 1. The predicted octanol–water partition coefficient (Wildman–Crippen LogP) is 2.39. The standard InChI is InChI=1S/C16H13FN2O2/c17-15-4-2-1-3-13(15)10-19-16(20)11-21-14-7-5-12(9-18)6-8-14/h1-8H,10-11H2,(H,19,20). The van der Waals surface area contributed by atoms with E-state index in [4.69, 9.17) is 10.00 Å². The van der Waals surface area contributed by atoms with Gasteiger partial charge in [0, 0.05) is 12.1 Å². The third-order valence-electron chi connectivity index (χ3n) is 2.79. The smallest absolute Gasteiger partial charge is 0.258 e. The third-order valence-corrected chi connectivity index (χ3v) is 2.79. The minimum atomic E-state index is -0.356. The lowest BCUT2D eigenvalue weighted by Crippen LogP contribution is -2.28. The molecular weight excluding hydrogens is 271 g/mol. The first-order chi connectivity index (χ1) is 10.2. The number of hydrogen-bond acceptors (Lipinski definition) is 3. The van der Waals surface area contributed by atoms with E-state index >= 15 is 0 Å². The SMILES string of the molecule is N#Cc1ccc(OCC(=O)NCc2ccccc2F)cc1. The van der Waals surface area contributed by atoms with Crippen molar-refractivity contribution in [3.63, 3.8) is 0 Å². The summed E-state index contributed by atoms with van der Waals surface area (Å²) >= 11 is 0. The molecule has 5 heteroatoms. The van der Waals surface area contributed by atoms with E-state index in [2.05, 4.69) is 5.32 Å². The molecule has 4 nitrogen and oxygen atoms in total. The average molecular weight is 284 g/mol. The largest absolute Gasteiger partial charge is 0.484 e. The molecule has 0 aromatic heterocycles. The molecule has 0 bridgehead atoms. The van der Waals surface area contributed by atoms with E-state index in [1.165, 1.54) is 6.07 Å². The van der Waals surface area contributed by atoms with E-state index in [0.29, 0.717) is 16.9 Å². The molecule has 0 unspecified atom stereocenters. The summed E-state index contributed by atoms with van der Waals surface area (Å²) in [6.45, 7) is -0.0530. The first kappa shape index (κ1) is 14.5. The molecule has 0 saturated carbocycles. The first-order valence-electron chi connectivity index (χ1n) is 6.32. The van der Waals surface area contributed by atoms with Gasteiger partial charge in [-0.2, -0.15) is 5.26 Å². The van der Waals surface area contributed by atoms with E-state index in [1.807, 2.05) is 6.07 Å². The number of ether oxygens (including phenoxy) is 1. The van der Waals surface area contributed by atoms with Gasteiger partial charge in [0.05, 0.1) is 11.6 Å². The molecule has 0 heterocycles. The molecule has 0 radical (unpaired) electrons. The highest BCUT2D eigenvalue weighted by Crippen LogP contribution is 2.11. The maximum Gasteiger partial charge on any atom is 0.258 e. The zero-order valence-corrected chi connectivity index (χ0v) is 11.2. The van der Waals surface area contributed by atoms with Crippen LogP contribution in [0.25, 0.3) is 0 Å². The lowest BCUT2D eigenvalue weighted by molar-refractivity contribution is -0.123. The summed E-state index contributed by atoms with van der Waals surface area (Å²) in [4.78, 5) is 11.6. The molecule has 0 aliphatic rings. The van der Waals surface area contributed by atoms with E-state index in [1.54, 1.807) is 42.5 Å². The average Bonchev–Trinajstić information content (AvgIpc) is 2.52. The first-order valence-corrected chi connectivity index (χ1v) is 6.32. The molecule has 0 fully saturated rings. The van der Waals surface area contributed by atoms with Crippen LogP contribution in [-0.2, 0) is 11.3 Å².